The molecule has 0 saturated heterocycles. The first kappa shape index (κ1) is 33.7. The number of nitrogens with zero attached hydrogens (tertiary/aromatic N) is 5. The fourth-order valence-corrected chi connectivity index (χ4v) is 7.54. The van der Waals surface area contributed by atoms with Gasteiger partial charge in [0, 0.05) is 20.7 Å². The highest BCUT2D eigenvalue weighted by Crippen LogP contribution is 2.39. The first-order valence-corrected chi connectivity index (χ1v) is 19.6. The summed E-state index contributed by atoms with van der Waals surface area (Å²) in [5.41, 5.74) is 1.43. The summed E-state index contributed by atoms with van der Waals surface area (Å²) in [6, 6.07) is 18.2. The molecule has 4 rings (SSSR count). The smallest absolute Gasteiger partial charge is 0.246 e. The van der Waals surface area contributed by atoms with Gasteiger partial charge in [0.1, 0.15) is 33.9 Å². The summed E-state index contributed by atoms with van der Waals surface area (Å²) in [5.74, 6) is 1.92. The number of aromatic nitrogens is 4. The zero-order valence-electron chi connectivity index (χ0n) is 26.7. The van der Waals surface area contributed by atoms with Crippen LogP contribution in [-0.2, 0) is 16.4 Å². The van der Waals surface area contributed by atoms with Gasteiger partial charge in [-0.05, 0) is 42.3 Å². The number of sulfonamides is 1. The van der Waals surface area contributed by atoms with E-state index in [1.165, 1.54) is 32.7 Å². The van der Waals surface area contributed by atoms with Gasteiger partial charge in [0.25, 0.3) is 0 Å². The molecule has 45 heavy (non-hydrogen) atoms. The van der Waals surface area contributed by atoms with Crippen LogP contribution in [0.15, 0.2) is 60.7 Å². The molecule has 1 atom stereocenters. The molecule has 0 aliphatic heterocycles. The number of pyridine rings is 1. The summed E-state index contributed by atoms with van der Waals surface area (Å²) in [7, 11) is 0.00748. The SMILES string of the molecule is COc1cccc(-c2nnc(N(CC[Si](C)(C)C)S(=O)(=O)C(CO)Cc3ccccc3OC)n2-c2c(OC)cccc2OC)n1. The van der Waals surface area contributed by atoms with Crippen molar-refractivity contribution in [2.24, 2.45) is 0 Å². The van der Waals surface area contributed by atoms with Crippen molar-refractivity contribution in [2.45, 2.75) is 37.4 Å². The summed E-state index contributed by atoms with van der Waals surface area (Å²) in [6.07, 6.45) is 0.0166. The molecule has 0 amide bonds. The molecule has 0 bridgehead atoms. The lowest BCUT2D eigenvalue weighted by Gasteiger charge is -2.30. The Morgan fingerprint density at radius 2 is 1.47 bits per heavy atom. The van der Waals surface area contributed by atoms with Gasteiger partial charge in [-0.2, -0.15) is 0 Å². The highest BCUT2D eigenvalue weighted by Gasteiger charge is 2.38. The minimum Gasteiger partial charge on any atom is -0.496 e. The Balaban J connectivity index is 2.00. The van der Waals surface area contributed by atoms with E-state index in [0.29, 0.717) is 46.1 Å². The Morgan fingerprint density at radius 1 is 0.844 bits per heavy atom. The first-order chi connectivity index (χ1) is 21.5. The fourth-order valence-electron chi connectivity index (χ4n) is 4.85. The summed E-state index contributed by atoms with van der Waals surface area (Å²) < 4.78 is 54.5. The predicted molar refractivity (Wildman–Crippen MR) is 176 cm³/mol. The largest absolute Gasteiger partial charge is 0.496 e. The van der Waals surface area contributed by atoms with E-state index in [-0.39, 0.29) is 24.7 Å². The number of aliphatic hydroxyl groups excluding tert-OH is 1. The molecule has 242 valence electrons. The third kappa shape index (κ3) is 7.40. The molecule has 2 heterocycles. The standard InChI is InChI=1S/C31H41N5O7SSi/c1-40-25-14-9-8-12-22(25)20-23(21-37)44(38,39)35(18-19-45(5,6)7)31-34-33-30(24-13-10-17-28(32-24)43-4)36(31)29-26(41-2)15-11-16-27(29)42-3/h8-17,23,37H,18-21H2,1-7H3. The Morgan fingerprint density at radius 3 is 2.07 bits per heavy atom. The van der Waals surface area contributed by atoms with Gasteiger partial charge in [0.2, 0.25) is 21.9 Å². The molecule has 12 nitrogen and oxygen atoms in total. The van der Waals surface area contributed by atoms with Crippen molar-refractivity contribution in [1.82, 2.24) is 19.7 Å². The Bertz CT molecular complexity index is 1690. The molecule has 4 aromatic rings. The van der Waals surface area contributed by atoms with Crippen LogP contribution in [0, 0.1) is 0 Å². The maximum absolute atomic E-state index is 14.7. The number of methoxy groups -OCH3 is 4. The van der Waals surface area contributed by atoms with Crippen LogP contribution in [0.2, 0.25) is 25.7 Å². The number of aliphatic hydroxyl groups is 1. The van der Waals surface area contributed by atoms with E-state index < -0.39 is 30.0 Å². The van der Waals surface area contributed by atoms with E-state index in [9.17, 15) is 13.5 Å². The number of ether oxygens (including phenoxy) is 4. The molecule has 0 aliphatic carbocycles. The molecule has 2 aromatic heterocycles. The van der Waals surface area contributed by atoms with Gasteiger partial charge in [-0.15, -0.1) is 10.2 Å². The third-order valence-corrected chi connectivity index (χ3v) is 11.1. The van der Waals surface area contributed by atoms with Crippen molar-refractivity contribution in [1.29, 1.82) is 0 Å². The Labute approximate surface area is 265 Å². The third-order valence-electron chi connectivity index (χ3n) is 7.29. The summed E-state index contributed by atoms with van der Waals surface area (Å²) in [4.78, 5) is 4.56. The van der Waals surface area contributed by atoms with Crippen LogP contribution in [0.5, 0.6) is 23.1 Å². The van der Waals surface area contributed by atoms with E-state index in [1.807, 2.05) is 6.07 Å². The minimum absolute atomic E-state index is 0.00847. The van der Waals surface area contributed by atoms with E-state index in [2.05, 4.69) is 34.8 Å². The average Bonchev–Trinajstić information content (AvgIpc) is 3.46. The van der Waals surface area contributed by atoms with Gasteiger partial charge in [-0.25, -0.2) is 17.7 Å². The monoisotopic (exact) mass is 655 g/mol. The molecule has 2 aromatic carbocycles. The molecular formula is C31H41N5O7SSi. The molecule has 0 spiro atoms. The number of para-hydroxylation sites is 2. The van der Waals surface area contributed by atoms with Crippen LogP contribution in [0.3, 0.4) is 0 Å². The van der Waals surface area contributed by atoms with E-state index in [1.54, 1.807) is 59.2 Å². The van der Waals surface area contributed by atoms with E-state index in [4.69, 9.17) is 18.9 Å². The van der Waals surface area contributed by atoms with Crippen molar-refractivity contribution in [3.63, 3.8) is 0 Å². The van der Waals surface area contributed by atoms with Gasteiger partial charge >= 0.3 is 0 Å². The number of benzene rings is 2. The van der Waals surface area contributed by atoms with Gasteiger partial charge in [-0.3, -0.25) is 4.57 Å². The molecule has 1 N–H and O–H groups in total. The second-order valence-electron chi connectivity index (χ2n) is 11.5. The van der Waals surface area contributed by atoms with Crippen molar-refractivity contribution in [3.8, 4) is 40.3 Å². The molecule has 0 radical (unpaired) electrons. The molecule has 14 heteroatoms. The highest BCUT2D eigenvalue weighted by atomic mass is 32.2. The van der Waals surface area contributed by atoms with Crippen LogP contribution in [0.1, 0.15) is 5.56 Å². The second-order valence-corrected chi connectivity index (χ2v) is 19.2. The number of rotatable bonds is 15. The van der Waals surface area contributed by atoms with Gasteiger partial charge < -0.3 is 24.1 Å². The van der Waals surface area contributed by atoms with Gasteiger partial charge in [-0.1, -0.05) is 50.0 Å². The Kier molecular flexibility index (Phi) is 10.7. The zero-order chi connectivity index (χ0) is 32.8. The fraction of sp³-hybridized carbons (Fsp3) is 0.387. The molecule has 0 aliphatic rings. The quantitative estimate of drug-likeness (QED) is 0.183. The average molecular weight is 656 g/mol. The topological polar surface area (TPSA) is 138 Å². The lowest BCUT2D eigenvalue weighted by Crippen LogP contribution is -2.45. The first-order valence-electron chi connectivity index (χ1n) is 14.4. The second kappa shape index (κ2) is 14.3. The van der Waals surface area contributed by atoms with Crippen LogP contribution in [0.25, 0.3) is 17.2 Å². The number of anilines is 1. The van der Waals surface area contributed by atoms with Crippen molar-refractivity contribution >= 4 is 24.0 Å². The van der Waals surface area contributed by atoms with E-state index in [0.717, 1.165) is 0 Å². The number of hydrogen-bond acceptors (Lipinski definition) is 10. The highest BCUT2D eigenvalue weighted by molar-refractivity contribution is 7.93. The summed E-state index contributed by atoms with van der Waals surface area (Å²) in [6.45, 7) is 5.98. The molecule has 0 saturated carbocycles. The normalized spacial score (nSPS) is 12.4. The van der Waals surface area contributed by atoms with Crippen molar-refractivity contribution < 1.29 is 32.5 Å². The lowest BCUT2D eigenvalue weighted by atomic mass is 10.1. The van der Waals surface area contributed by atoms with Crippen molar-refractivity contribution in [3.05, 3.63) is 66.2 Å². The predicted octanol–water partition coefficient (Wildman–Crippen LogP) is 4.44. The summed E-state index contributed by atoms with van der Waals surface area (Å²) >= 11 is 0. The Hall–Kier alpha value is -4.14. The van der Waals surface area contributed by atoms with E-state index >= 15 is 0 Å². The minimum atomic E-state index is -4.26. The van der Waals surface area contributed by atoms with Crippen LogP contribution >= 0.6 is 0 Å². The van der Waals surface area contributed by atoms with Gasteiger partial charge in [0.15, 0.2) is 5.82 Å². The molecular weight excluding hydrogens is 615 g/mol. The molecule has 1 unspecified atom stereocenters. The lowest BCUT2D eigenvalue weighted by molar-refractivity contribution is 0.288. The maximum Gasteiger partial charge on any atom is 0.246 e. The maximum atomic E-state index is 14.7. The van der Waals surface area contributed by atoms with Crippen molar-refractivity contribution in [2.75, 3.05) is 45.9 Å². The van der Waals surface area contributed by atoms with Crippen LogP contribution in [0.4, 0.5) is 5.95 Å². The van der Waals surface area contributed by atoms with Gasteiger partial charge in [0.05, 0.1) is 35.0 Å². The van der Waals surface area contributed by atoms with Crippen LogP contribution in [-0.4, -0.2) is 88.2 Å². The van der Waals surface area contributed by atoms with Crippen LogP contribution < -0.4 is 23.3 Å². The zero-order valence-corrected chi connectivity index (χ0v) is 28.5. The molecule has 0 fully saturated rings. The summed E-state index contributed by atoms with van der Waals surface area (Å²) in [5, 5.41) is 18.3. The number of hydrogen-bond donors (Lipinski definition) is 1.